The van der Waals surface area contributed by atoms with Gasteiger partial charge in [-0.1, -0.05) is 0 Å². The molecule has 0 unspecified atom stereocenters. The fourth-order valence-corrected chi connectivity index (χ4v) is 3.02. The highest BCUT2D eigenvalue weighted by Crippen LogP contribution is 2.23. The summed E-state index contributed by atoms with van der Waals surface area (Å²) in [6, 6.07) is 4.03. The first-order chi connectivity index (χ1) is 9.78. The maximum Gasteiger partial charge on any atom is 0.244 e. The molecule has 0 aromatic carbocycles. The molecule has 1 saturated carbocycles. The lowest BCUT2D eigenvalue weighted by atomic mass is 9.86. The van der Waals surface area contributed by atoms with Gasteiger partial charge in [-0.3, -0.25) is 4.79 Å². The van der Waals surface area contributed by atoms with Crippen molar-refractivity contribution in [3.05, 3.63) is 35.6 Å². The molecule has 1 aliphatic rings. The van der Waals surface area contributed by atoms with Gasteiger partial charge in [0.1, 0.15) is 5.76 Å². The molecule has 1 aliphatic carbocycles. The van der Waals surface area contributed by atoms with Crippen molar-refractivity contribution in [1.82, 2.24) is 5.32 Å². The summed E-state index contributed by atoms with van der Waals surface area (Å²) in [6.07, 6.45) is 7.15. The number of rotatable bonds is 6. The van der Waals surface area contributed by atoms with Crippen molar-refractivity contribution in [1.29, 1.82) is 0 Å². The van der Waals surface area contributed by atoms with Crippen molar-refractivity contribution in [2.75, 3.05) is 6.61 Å². The molecule has 0 atom stereocenters. The molecule has 5 heteroatoms. The molecule has 1 fully saturated rings. The van der Waals surface area contributed by atoms with Gasteiger partial charge in [-0.25, -0.2) is 0 Å². The van der Waals surface area contributed by atoms with Gasteiger partial charge in [0.2, 0.25) is 5.91 Å². The first-order valence-corrected chi connectivity index (χ1v) is 8.04. The molecule has 0 bridgehead atoms. The van der Waals surface area contributed by atoms with Crippen LogP contribution in [0.2, 0.25) is 0 Å². The molecule has 1 amide bonds. The molecule has 1 heterocycles. The van der Waals surface area contributed by atoms with Gasteiger partial charge in [-0.05, 0) is 49.1 Å². The maximum absolute atomic E-state index is 11.7. The number of furan rings is 1. The zero-order valence-corrected chi connectivity index (χ0v) is 12.3. The highest BCUT2D eigenvalue weighted by atomic mass is 32.2. The topological polar surface area (TPSA) is 62.5 Å². The standard InChI is InChI=1S/C15H21NO3S/c17-10-12-3-5-13(6-4-12)16-15(18)7-9-20-11-14-2-1-8-19-14/h1-2,7-9,12-13,17H,3-6,10-11H2,(H,16,18)/b9-7+. The molecule has 1 aromatic heterocycles. The molecule has 4 nitrogen and oxygen atoms in total. The third-order valence-corrected chi connectivity index (χ3v) is 4.35. The minimum absolute atomic E-state index is 0.0376. The second kappa shape index (κ2) is 8.17. The quantitative estimate of drug-likeness (QED) is 0.792. The Morgan fingerprint density at radius 3 is 2.90 bits per heavy atom. The van der Waals surface area contributed by atoms with Gasteiger partial charge in [0.05, 0.1) is 12.0 Å². The molecular formula is C15H21NO3S. The van der Waals surface area contributed by atoms with E-state index in [9.17, 15) is 4.79 Å². The van der Waals surface area contributed by atoms with Gasteiger partial charge in [0.25, 0.3) is 0 Å². The van der Waals surface area contributed by atoms with Crippen molar-refractivity contribution in [2.24, 2.45) is 5.92 Å². The normalized spacial score (nSPS) is 23.1. The lowest BCUT2D eigenvalue weighted by molar-refractivity contribution is -0.117. The second-order valence-electron chi connectivity index (χ2n) is 5.10. The van der Waals surface area contributed by atoms with E-state index in [2.05, 4.69) is 5.32 Å². The average molecular weight is 295 g/mol. The first-order valence-electron chi connectivity index (χ1n) is 7.00. The number of thioether (sulfide) groups is 1. The van der Waals surface area contributed by atoms with Crippen LogP contribution in [0, 0.1) is 5.92 Å². The molecule has 2 rings (SSSR count). The molecule has 1 aromatic rings. The van der Waals surface area contributed by atoms with Crippen molar-refractivity contribution in [2.45, 2.75) is 37.5 Å². The predicted octanol–water partition coefficient (Wildman–Crippen LogP) is 2.69. The van der Waals surface area contributed by atoms with Crippen LogP contribution >= 0.6 is 11.8 Å². The number of carbonyl (C=O) groups is 1. The minimum Gasteiger partial charge on any atom is -0.468 e. The number of hydrogen-bond acceptors (Lipinski definition) is 4. The number of aliphatic hydroxyl groups excluding tert-OH is 1. The monoisotopic (exact) mass is 295 g/mol. The lowest BCUT2D eigenvalue weighted by Gasteiger charge is -2.27. The Bertz CT molecular complexity index is 422. The summed E-state index contributed by atoms with van der Waals surface area (Å²) in [4.78, 5) is 11.7. The molecule has 0 saturated heterocycles. The summed E-state index contributed by atoms with van der Waals surface area (Å²) in [6.45, 7) is 0.268. The van der Waals surface area contributed by atoms with Crippen LogP contribution in [0.3, 0.4) is 0 Å². The van der Waals surface area contributed by atoms with E-state index in [0.717, 1.165) is 37.2 Å². The smallest absolute Gasteiger partial charge is 0.244 e. The van der Waals surface area contributed by atoms with Crippen LogP contribution in [0.1, 0.15) is 31.4 Å². The third kappa shape index (κ3) is 5.06. The third-order valence-electron chi connectivity index (χ3n) is 3.57. The van der Waals surface area contributed by atoms with Crippen LogP contribution in [0.25, 0.3) is 0 Å². The average Bonchev–Trinajstić information content (AvgIpc) is 2.98. The fraction of sp³-hybridized carbons (Fsp3) is 0.533. The van der Waals surface area contributed by atoms with Gasteiger partial charge in [-0.15, -0.1) is 11.8 Å². The van der Waals surface area contributed by atoms with Gasteiger partial charge < -0.3 is 14.8 Å². The fourth-order valence-electron chi connectivity index (χ4n) is 2.37. The predicted molar refractivity (Wildman–Crippen MR) is 80.1 cm³/mol. The van der Waals surface area contributed by atoms with Crippen LogP contribution < -0.4 is 5.32 Å². The number of nitrogens with one attached hydrogen (secondary N) is 1. The summed E-state index contributed by atoms with van der Waals surface area (Å²) < 4.78 is 5.21. The summed E-state index contributed by atoms with van der Waals surface area (Å²) in [5, 5.41) is 13.9. The largest absolute Gasteiger partial charge is 0.468 e. The van der Waals surface area contributed by atoms with Crippen LogP contribution in [-0.4, -0.2) is 23.7 Å². The molecule has 110 valence electrons. The number of hydrogen-bond donors (Lipinski definition) is 2. The van der Waals surface area contributed by atoms with E-state index in [-0.39, 0.29) is 18.6 Å². The maximum atomic E-state index is 11.7. The Hall–Kier alpha value is -1.20. The Kier molecular flexibility index (Phi) is 6.21. The molecule has 2 N–H and O–H groups in total. The molecule has 0 aliphatic heterocycles. The summed E-state index contributed by atoms with van der Waals surface area (Å²) in [7, 11) is 0. The molecular weight excluding hydrogens is 274 g/mol. The van der Waals surface area contributed by atoms with Gasteiger partial charge in [-0.2, -0.15) is 0 Å². The molecule has 0 spiro atoms. The van der Waals surface area contributed by atoms with Crippen LogP contribution in [0.4, 0.5) is 0 Å². The summed E-state index contributed by atoms with van der Waals surface area (Å²) >= 11 is 1.54. The minimum atomic E-state index is -0.0376. The van der Waals surface area contributed by atoms with Crippen molar-refractivity contribution < 1.29 is 14.3 Å². The van der Waals surface area contributed by atoms with Gasteiger partial charge in [0.15, 0.2) is 0 Å². The SMILES string of the molecule is O=C(/C=C/SCc1ccco1)NC1CCC(CO)CC1. The summed E-state index contributed by atoms with van der Waals surface area (Å²) in [5.74, 6) is 2.02. The Morgan fingerprint density at radius 1 is 1.45 bits per heavy atom. The Balaban J connectivity index is 1.62. The van der Waals surface area contributed by atoms with Crippen LogP contribution in [0.15, 0.2) is 34.3 Å². The van der Waals surface area contributed by atoms with Crippen LogP contribution in [-0.2, 0) is 10.5 Å². The Morgan fingerprint density at radius 2 is 2.25 bits per heavy atom. The van der Waals surface area contributed by atoms with Gasteiger partial charge in [0, 0.05) is 18.7 Å². The zero-order chi connectivity index (χ0) is 14.2. The molecule has 20 heavy (non-hydrogen) atoms. The van der Waals surface area contributed by atoms with E-state index >= 15 is 0 Å². The Labute approximate surface area is 123 Å². The van der Waals surface area contributed by atoms with E-state index < -0.39 is 0 Å². The van der Waals surface area contributed by atoms with E-state index in [1.807, 2.05) is 12.1 Å². The van der Waals surface area contributed by atoms with Crippen LogP contribution in [0.5, 0.6) is 0 Å². The second-order valence-corrected chi connectivity index (χ2v) is 6.00. The van der Waals surface area contributed by atoms with E-state index in [1.54, 1.807) is 17.7 Å². The van der Waals surface area contributed by atoms with E-state index in [1.165, 1.54) is 11.8 Å². The number of carbonyl (C=O) groups excluding carboxylic acids is 1. The lowest BCUT2D eigenvalue weighted by Crippen LogP contribution is -2.37. The van der Waals surface area contributed by atoms with Crippen molar-refractivity contribution >= 4 is 17.7 Å². The number of aliphatic hydroxyl groups is 1. The van der Waals surface area contributed by atoms with Crippen molar-refractivity contribution in [3.63, 3.8) is 0 Å². The highest BCUT2D eigenvalue weighted by molar-refractivity contribution is 8.01. The highest BCUT2D eigenvalue weighted by Gasteiger charge is 2.20. The van der Waals surface area contributed by atoms with E-state index in [4.69, 9.17) is 9.52 Å². The van der Waals surface area contributed by atoms with E-state index in [0.29, 0.717) is 5.92 Å². The van der Waals surface area contributed by atoms with Gasteiger partial charge >= 0.3 is 0 Å². The van der Waals surface area contributed by atoms with Crippen molar-refractivity contribution in [3.8, 4) is 0 Å². The zero-order valence-electron chi connectivity index (χ0n) is 11.5. The number of amides is 1. The molecule has 0 radical (unpaired) electrons. The first kappa shape index (κ1) is 15.2. The summed E-state index contributed by atoms with van der Waals surface area (Å²) in [5.41, 5.74) is 0.